The second-order valence-corrected chi connectivity index (χ2v) is 4.51. The quantitative estimate of drug-likeness (QED) is 0.395. The van der Waals surface area contributed by atoms with Gasteiger partial charge in [0.05, 0.1) is 0 Å². The number of hydrogen-bond acceptors (Lipinski definition) is 0. The van der Waals surface area contributed by atoms with Gasteiger partial charge in [0, 0.05) is 0 Å². The molecule has 0 saturated carbocycles. The molecule has 1 radical (unpaired) electrons. The Morgan fingerprint density at radius 2 is 1.64 bits per heavy atom. The van der Waals surface area contributed by atoms with Crippen molar-refractivity contribution >= 4 is 35.8 Å². The van der Waals surface area contributed by atoms with Crippen molar-refractivity contribution in [2.75, 3.05) is 0 Å². The molecule has 0 bridgehead atoms. The third-order valence-electron chi connectivity index (χ3n) is 3.07. The van der Waals surface area contributed by atoms with Gasteiger partial charge in [0.15, 0.2) is 0 Å². The van der Waals surface area contributed by atoms with Gasteiger partial charge in [0.2, 0.25) is 0 Å². The van der Waals surface area contributed by atoms with Gasteiger partial charge in [-0.15, -0.1) is 38.2 Å². The van der Waals surface area contributed by atoms with Gasteiger partial charge in [-0.1, -0.05) is 26.7 Å². The van der Waals surface area contributed by atoms with Crippen LogP contribution in [0.1, 0.15) is 47.0 Å². The van der Waals surface area contributed by atoms with E-state index in [2.05, 4.69) is 59.8 Å². The maximum absolute atomic E-state index is 3.54. The molecule has 0 fully saturated rings. The Hall–Kier alpha value is 0.640. The Morgan fingerprint density at radius 1 is 1.14 bits per heavy atom. The van der Waals surface area contributed by atoms with Crippen molar-refractivity contribution in [3.8, 4) is 0 Å². The monoisotopic (exact) mass is 435 g/mol. The molecule has 2 aliphatic rings. The summed E-state index contributed by atoms with van der Waals surface area (Å²) in [7, 11) is 0. The van der Waals surface area contributed by atoms with Gasteiger partial charge in [-0.2, -0.15) is 17.2 Å². The predicted octanol–water partition coefficient (Wildman–Crippen LogP) is 5.12. The third kappa shape index (κ3) is 15.5. The molecule has 1 atom stereocenters. The van der Waals surface area contributed by atoms with E-state index in [-0.39, 0.29) is 62.0 Å². The summed E-state index contributed by atoms with van der Waals surface area (Å²) in [6.45, 7) is 15.8. The van der Waals surface area contributed by atoms with Crippen molar-refractivity contribution in [3.63, 3.8) is 0 Å². The summed E-state index contributed by atoms with van der Waals surface area (Å²) in [5, 5.41) is 0. The van der Waals surface area contributed by atoms with Crippen LogP contribution in [0.4, 0.5) is 0 Å². The van der Waals surface area contributed by atoms with E-state index >= 15 is 0 Å². The maximum Gasteiger partial charge on any atom is 4.00 e. The van der Waals surface area contributed by atoms with Crippen LogP contribution in [-0.2, 0) is 26.2 Å². The molecule has 2 rings (SSSR count). The Kier molecular flexibility index (Phi) is 33.5. The predicted molar refractivity (Wildman–Crippen MR) is 106 cm³/mol. The summed E-state index contributed by atoms with van der Waals surface area (Å²) in [6, 6.07) is 0. The Morgan fingerprint density at radius 3 is 1.73 bits per heavy atom. The fourth-order valence-electron chi connectivity index (χ4n) is 1.50. The van der Waals surface area contributed by atoms with E-state index in [4.69, 9.17) is 0 Å². The molecule has 0 aromatic carbocycles. The van der Waals surface area contributed by atoms with Gasteiger partial charge in [0.1, 0.15) is 0 Å². The van der Waals surface area contributed by atoms with Gasteiger partial charge in [0.25, 0.3) is 0 Å². The Balaban J connectivity index is -0.0000000653. The van der Waals surface area contributed by atoms with Crippen molar-refractivity contribution < 1.29 is 26.2 Å². The van der Waals surface area contributed by atoms with E-state index in [9.17, 15) is 0 Å². The van der Waals surface area contributed by atoms with Crippen LogP contribution in [0, 0.1) is 31.9 Å². The molecule has 4 heteroatoms. The Bertz CT molecular complexity index is 346. The van der Waals surface area contributed by atoms with Crippen LogP contribution in [0.2, 0.25) is 0 Å². The SMILES string of the molecule is CC1=[C-]C(C)C(C)=C1C.Cl.Cl.[C-]1=CC=CC1.[CH2-]CC[CH2-].[SiH3].[Zr+4]. The van der Waals surface area contributed by atoms with Crippen LogP contribution >= 0.6 is 24.8 Å². The molecule has 2 aliphatic carbocycles. The van der Waals surface area contributed by atoms with Crippen molar-refractivity contribution in [1.82, 2.24) is 0 Å². The molecule has 0 N–H and O–H groups in total. The molecule has 0 amide bonds. The van der Waals surface area contributed by atoms with Gasteiger partial charge in [-0.3, -0.25) is 12.2 Å². The zero-order valence-electron chi connectivity index (χ0n) is 14.7. The largest absolute Gasteiger partial charge is 4.00 e. The van der Waals surface area contributed by atoms with Crippen molar-refractivity contribution in [2.24, 2.45) is 5.92 Å². The zero-order valence-corrected chi connectivity index (χ0v) is 20.8. The first-order chi connectivity index (χ1) is 8.54. The van der Waals surface area contributed by atoms with Crippen LogP contribution in [0.25, 0.3) is 0 Å². The minimum Gasteiger partial charge on any atom is -0.346 e. The van der Waals surface area contributed by atoms with E-state index in [1.807, 2.05) is 12.2 Å². The summed E-state index contributed by atoms with van der Waals surface area (Å²) in [6.07, 6.45) is 15.3. The molecule has 22 heavy (non-hydrogen) atoms. The molecule has 0 saturated heterocycles. The van der Waals surface area contributed by atoms with E-state index in [0.717, 1.165) is 19.3 Å². The van der Waals surface area contributed by atoms with E-state index in [0.29, 0.717) is 5.92 Å². The fourth-order valence-corrected chi connectivity index (χ4v) is 1.50. The standard InChI is InChI=1S/C9H13.C5H5.C4H8.2ClH.H3Si.Zr/c1-6-5-7(2)9(4)8(6)3;1-2-4-5-3-1;1-3-4-2;;;;/h6H,1-4H3;1-3H,4H2;1-4H2;2*1H;1H3;/q2*-1;-2;;;;+4. The molecule has 125 valence electrons. The summed E-state index contributed by atoms with van der Waals surface area (Å²) in [5.41, 5.74) is 4.25. The number of unbranched alkanes of at least 4 members (excludes halogenated alkanes) is 1. The smallest absolute Gasteiger partial charge is 0.346 e. The van der Waals surface area contributed by atoms with E-state index < -0.39 is 0 Å². The molecule has 0 nitrogen and oxygen atoms in total. The van der Waals surface area contributed by atoms with Crippen LogP contribution < -0.4 is 0 Å². The third-order valence-corrected chi connectivity index (χ3v) is 3.07. The first-order valence-electron chi connectivity index (χ1n) is 6.62. The van der Waals surface area contributed by atoms with E-state index in [1.165, 1.54) is 16.7 Å². The van der Waals surface area contributed by atoms with Crippen LogP contribution in [0.15, 0.2) is 34.9 Å². The number of halogens is 2. The molecule has 0 aromatic heterocycles. The molecule has 0 aromatic rings. The van der Waals surface area contributed by atoms with Crippen molar-refractivity contribution in [2.45, 2.75) is 47.0 Å². The minimum atomic E-state index is 0. The van der Waals surface area contributed by atoms with Crippen LogP contribution in [0.5, 0.6) is 0 Å². The van der Waals surface area contributed by atoms with Crippen molar-refractivity contribution in [3.05, 3.63) is 60.9 Å². The zero-order chi connectivity index (χ0) is 14.0. The average molecular weight is 438 g/mol. The first-order valence-corrected chi connectivity index (χ1v) is 6.62. The molecule has 0 aliphatic heterocycles. The summed E-state index contributed by atoms with van der Waals surface area (Å²) < 4.78 is 0. The number of hydrogen-bond donors (Lipinski definition) is 0. The molecule has 0 heterocycles. The minimum absolute atomic E-state index is 0. The summed E-state index contributed by atoms with van der Waals surface area (Å²) >= 11 is 0. The summed E-state index contributed by atoms with van der Waals surface area (Å²) in [4.78, 5) is 0. The van der Waals surface area contributed by atoms with Crippen LogP contribution in [-0.4, -0.2) is 11.0 Å². The Labute approximate surface area is 175 Å². The van der Waals surface area contributed by atoms with Crippen LogP contribution in [0.3, 0.4) is 0 Å². The molecular formula is C18H31Cl2SiZr. The summed E-state index contributed by atoms with van der Waals surface area (Å²) in [5.74, 6) is 0.560. The topological polar surface area (TPSA) is 0 Å². The van der Waals surface area contributed by atoms with Gasteiger partial charge < -0.3 is 13.8 Å². The number of allylic oxidation sites excluding steroid dienone is 8. The first kappa shape index (κ1) is 34.1. The van der Waals surface area contributed by atoms with Gasteiger partial charge in [-0.25, -0.2) is 30.6 Å². The van der Waals surface area contributed by atoms with Crippen molar-refractivity contribution in [1.29, 1.82) is 0 Å². The normalized spacial score (nSPS) is 16.5. The number of rotatable bonds is 1. The van der Waals surface area contributed by atoms with E-state index in [1.54, 1.807) is 0 Å². The molecule has 0 spiro atoms. The maximum atomic E-state index is 3.54. The second kappa shape index (κ2) is 21.6. The average Bonchev–Trinajstić information content (AvgIpc) is 3.01. The second-order valence-electron chi connectivity index (χ2n) is 4.51. The molecule has 1 unspecified atom stereocenters. The molecular weight excluding hydrogens is 406 g/mol. The fraction of sp³-hybridized carbons (Fsp3) is 0.444. The van der Waals surface area contributed by atoms with Gasteiger partial charge >= 0.3 is 26.2 Å². The van der Waals surface area contributed by atoms with Gasteiger partial charge in [-0.05, 0) is 11.0 Å².